The molecule has 1 aromatic carbocycles. The van der Waals surface area contributed by atoms with Crippen molar-refractivity contribution < 1.29 is 9.53 Å². The Balaban J connectivity index is 2.33. The lowest BCUT2D eigenvalue weighted by molar-refractivity contribution is 0.0600. The Morgan fingerprint density at radius 2 is 2.00 bits per heavy atom. The van der Waals surface area contributed by atoms with Gasteiger partial charge in [-0.25, -0.2) is 4.79 Å². The second-order valence-corrected chi connectivity index (χ2v) is 5.80. The first-order valence-corrected chi connectivity index (χ1v) is 7.33. The average Bonchev–Trinajstić information content (AvgIpc) is 2.45. The number of methoxy groups -OCH3 is 1. The summed E-state index contributed by atoms with van der Waals surface area (Å²) in [6, 6.07) is 8.65. The fourth-order valence-electron chi connectivity index (χ4n) is 1.74. The molecule has 104 valence electrons. The van der Waals surface area contributed by atoms with Gasteiger partial charge >= 0.3 is 5.97 Å². The topological polar surface area (TPSA) is 48.3 Å². The summed E-state index contributed by atoms with van der Waals surface area (Å²) in [6.07, 6.45) is 1.72. The smallest absolute Gasteiger partial charge is 0.337 e. The molecule has 4 nitrogen and oxygen atoms in total. The number of hydrogen-bond acceptors (Lipinski definition) is 3. The predicted octanol–water partition coefficient (Wildman–Crippen LogP) is 3.21. The van der Waals surface area contributed by atoms with Crippen molar-refractivity contribution in [2.75, 3.05) is 7.11 Å². The van der Waals surface area contributed by atoms with Gasteiger partial charge in [-0.15, -0.1) is 0 Å². The molecule has 2 rings (SSSR count). The van der Waals surface area contributed by atoms with Crippen LogP contribution in [0.3, 0.4) is 0 Å². The Morgan fingerprint density at radius 3 is 2.65 bits per heavy atom. The van der Waals surface area contributed by atoms with Crippen LogP contribution < -0.4 is 5.56 Å². The molecule has 1 heterocycles. The number of pyridine rings is 1. The fourth-order valence-corrected chi connectivity index (χ4v) is 2.62. The highest BCUT2D eigenvalue weighted by molar-refractivity contribution is 9.10. The monoisotopic (exact) mass is 399 g/mol. The largest absolute Gasteiger partial charge is 0.465 e. The molecule has 0 spiro atoms. The molecule has 0 N–H and O–H groups in total. The van der Waals surface area contributed by atoms with Gasteiger partial charge in [-0.2, -0.15) is 0 Å². The highest BCUT2D eigenvalue weighted by atomic mass is 79.9. The molecule has 6 heteroatoms. The number of carbonyl (C=O) groups is 1. The second kappa shape index (κ2) is 6.37. The van der Waals surface area contributed by atoms with E-state index in [4.69, 9.17) is 0 Å². The molecule has 0 amide bonds. The number of rotatable bonds is 3. The standard InChI is InChI=1S/C14H11Br2NO3/c1-20-14(19)9-4-5-10(12(16)7-9)8-17-6-2-3-11(15)13(17)18/h2-7H,8H2,1H3. The Kier molecular flexibility index (Phi) is 4.77. The van der Waals surface area contributed by atoms with E-state index in [0.717, 1.165) is 10.0 Å². The van der Waals surface area contributed by atoms with Crippen molar-refractivity contribution in [1.82, 2.24) is 4.57 Å². The van der Waals surface area contributed by atoms with E-state index in [0.29, 0.717) is 16.6 Å². The third kappa shape index (κ3) is 3.19. The number of nitrogens with zero attached hydrogens (tertiary/aromatic N) is 1. The number of halogens is 2. The molecule has 0 fully saturated rings. The van der Waals surface area contributed by atoms with Gasteiger partial charge in [0.1, 0.15) is 0 Å². The number of carbonyl (C=O) groups excluding carboxylic acids is 1. The van der Waals surface area contributed by atoms with Crippen LogP contribution in [0, 0.1) is 0 Å². The summed E-state index contributed by atoms with van der Waals surface area (Å²) in [5.41, 5.74) is 1.26. The lowest BCUT2D eigenvalue weighted by atomic mass is 10.1. The SMILES string of the molecule is COC(=O)c1ccc(Cn2cccc(Br)c2=O)c(Br)c1. The Hall–Kier alpha value is -1.40. The molecule has 0 aliphatic rings. The van der Waals surface area contributed by atoms with Crippen LogP contribution in [0.25, 0.3) is 0 Å². The maximum atomic E-state index is 11.9. The molecule has 2 aromatic rings. The van der Waals surface area contributed by atoms with Crippen molar-refractivity contribution in [3.8, 4) is 0 Å². The normalized spacial score (nSPS) is 10.3. The summed E-state index contributed by atoms with van der Waals surface area (Å²) >= 11 is 6.62. The summed E-state index contributed by atoms with van der Waals surface area (Å²) in [5, 5.41) is 0. The van der Waals surface area contributed by atoms with Gasteiger partial charge in [0.05, 0.1) is 23.7 Å². The van der Waals surface area contributed by atoms with E-state index in [-0.39, 0.29) is 5.56 Å². The zero-order valence-corrected chi connectivity index (χ0v) is 13.8. The Bertz CT molecular complexity index is 710. The summed E-state index contributed by atoms with van der Waals surface area (Å²) in [4.78, 5) is 23.4. The predicted molar refractivity (Wildman–Crippen MR) is 83.0 cm³/mol. The lowest BCUT2D eigenvalue weighted by Gasteiger charge is -2.09. The zero-order valence-electron chi connectivity index (χ0n) is 10.6. The highest BCUT2D eigenvalue weighted by Gasteiger charge is 2.09. The molecule has 1 aromatic heterocycles. The van der Waals surface area contributed by atoms with E-state index >= 15 is 0 Å². The number of benzene rings is 1. The van der Waals surface area contributed by atoms with Gasteiger partial charge in [-0.1, -0.05) is 22.0 Å². The summed E-state index contributed by atoms with van der Waals surface area (Å²) in [6.45, 7) is 0.417. The molecule has 0 unspecified atom stereocenters. The van der Waals surface area contributed by atoms with Crippen LogP contribution in [0.5, 0.6) is 0 Å². The number of esters is 1. The second-order valence-electron chi connectivity index (χ2n) is 4.09. The van der Waals surface area contributed by atoms with Crippen LogP contribution in [0.1, 0.15) is 15.9 Å². The van der Waals surface area contributed by atoms with E-state index < -0.39 is 5.97 Å². The quantitative estimate of drug-likeness (QED) is 0.743. The Morgan fingerprint density at radius 1 is 1.25 bits per heavy atom. The van der Waals surface area contributed by atoms with Crippen LogP contribution in [0.2, 0.25) is 0 Å². The third-order valence-electron chi connectivity index (χ3n) is 2.79. The maximum Gasteiger partial charge on any atom is 0.337 e. The molecule has 0 aliphatic carbocycles. The molecular weight excluding hydrogens is 390 g/mol. The molecule has 0 saturated heterocycles. The molecule has 0 aliphatic heterocycles. The minimum Gasteiger partial charge on any atom is -0.465 e. The van der Waals surface area contributed by atoms with Crippen molar-refractivity contribution in [3.63, 3.8) is 0 Å². The van der Waals surface area contributed by atoms with Crippen LogP contribution >= 0.6 is 31.9 Å². The zero-order chi connectivity index (χ0) is 14.7. The van der Waals surface area contributed by atoms with Crippen molar-refractivity contribution in [1.29, 1.82) is 0 Å². The van der Waals surface area contributed by atoms with E-state index in [1.54, 1.807) is 41.1 Å². The van der Waals surface area contributed by atoms with E-state index in [9.17, 15) is 9.59 Å². The van der Waals surface area contributed by atoms with Gasteiger partial charge in [0.25, 0.3) is 5.56 Å². The van der Waals surface area contributed by atoms with Gasteiger partial charge in [-0.05, 0) is 45.8 Å². The summed E-state index contributed by atoms with van der Waals surface area (Å²) < 4.78 is 7.52. The molecule has 20 heavy (non-hydrogen) atoms. The van der Waals surface area contributed by atoms with Crippen molar-refractivity contribution in [2.24, 2.45) is 0 Å². The maximum absolute atomic E-state index is 11.9. The summed E-state index contributed by atoms with van der Waals surface area (Å²) in [7, 11) is 1.34. The van der Waals surface area contributed by atoms with Gasteiger partial charge < -0.3 is 9.30 Å². The van der Waals surface area contributed by atoms with E-state index in [1.165, 1.54) is 7.11 Å². The van der Waals surface area contributed by atoms with Gasteiger partial charge in [0, 0.05) is 10.7 Å². The van der Waals surface area contributed by atoms with E-state index in [1.807, 2.05) is 0 Å². The minimum atomic E-state index is -0.392. The molecule has 0 radical (unpaired) electrons. The Labute approximate surface area is 132 Å². The summed E-state index contributed by atoms with van der Waals surface area (Å²) in [5.74, 6) is -0.392. The number of aromatic nitrogens is 1. The first-order chi connectivity index (χ1) is 9.52. The average molecular weight is 401 g/mol. The van der Waals surface area contributed by atoms with Crippen molar-refractivity contribution in [2.45, 2.75) is 6.54 Å². The van der Waals surface area contributed by atoms with Crippen LogP contribution in [-0.2, 0) is 11.3 Å². The lowest BCUT2D eigenvalue weighted by Crippen LogP contribution is -2.20. The third-order valence-corrected chi connectivity index (χ3v) is 4.13. The number of ether oxygens (including phenoxy) is 1. The molecular formula is C14H11Br2NO3. The van der Waals surface area contributed by atoms with Crippen molar-refractivity contribution >= 4 is 37.8 Å². The van der Waals surface area contributed by atoms with Crippen LogP contribution in [-0.4, -0.2) is 17.6 Å². The molecule has 0 atom stereocenters. The first-order valence-electron chi connectivity index (χ1n) is 5.74. The first kappa shape index (κ1) is 15.0. The number of hydrogen-bond donors (Lipinski definition) is 0. The fraction of sp³-hybridized carbons (Fsp3) is 0.143. The minimum absolute atomic E-state index is 0.101. The van der Waals surface area contributed by atoms with Gasteiger partial charge in [0.15, 0.2) is 0 Å². The van der Waals surface area contributed by atoms with Crippen molar-refractivity contribution in [3.05, 3.63) is 67.0 Å². The van der Waals surface area contributed by atoms with E-state index in [2.05, 4.69) is 36.6 Å². The molecule has 0 saturated carbocycles. The van der Waals surface area contributed by atoms with Crippen LogP contribution in [0.15, 0.2) is 50.3 Å². The highest BCUT2D eigenvalue weighted by Crippen LogP contribution is 2.20. The molecule has 0 bridgehead atoms. The van der Waals surface area contributed by atoms with Gasteiger partial charge in [0.2, 0.25) is 0 Å². The van der Waals surface area contributed by atoms with Crippen LogP contribution in [0.4, 0.5) is 0 Å². The van der Waals surface area contributed by atoms with Gasteiger partial charge in [-0.3, -0.25) is 4.79 Å².